The Labute approximate surface area is 50.7 Å². The Balaban J connectivity index is 2.63. The van der Waals surface area contributed by atoms with Crippen molar-refractivity contribution in [2.45, 2.75) is 10.5 Å². The standard InChI is InChI=1S/C3H7O2.Sb.2H/c4-2-1-3-5;;;/h2,4-5H,1,3H2;;;. The molecule has 0 aromatic heterocycles. The van der Waals surface area contributed by atoms with Crippen LogP contribution < -0.4 is 0 Å². The van der Waals surface area contributed by atoms with E-state index in [0.29, 0.717) is 6.42 Å². The molecule has 0 saturated carbocycles. The van der Waals surface area contributed by atoms with Crippen molar-refractivity contribution in [1.82, 2.24) is 0 Å². The zero-order valence-electron chi connectivity index (χ0n) is 3.46. The molecular formula is C3H9O2Sb. The van der Waals surface area contributed by atoms with Crippen LogP contribution in [-0.2, 0) is 0 Å². The molecule has 1 atom stereocenters. The number of rotatable bonds is 2. The van der Waals surface area contributed by atoms with Gasteiger partial charge in [-0.25, -0.2) is 0 Å². The van der Waals surface area contributed by atoms with Crippen molar-refractivity contribution in [3.8, 4) is 0 Å². The Bertz CT molecular complexity index is 30.0. The summed E-state index contributed by atoms with van der Waals surface area (Å²) in [6.45, 7) is 0.114. The molecule has 3 heteroatoms. The van der Waals surface area contributed by atoms with Gasteiger partial charge in [-0.15, -0.1) is 0 Å². The predicted octanol–water partition coefficient (Wildman–Crippen LogP) is -1.68. The molecule has 6 heavy (non-hydrogen) atoms. The van der Waals surface area contributed by atoms with E-state index in [4.69, 9.17) is 10.2 Å². The van der Waals surface area contributed by atoms with E-state index in [1.807, 2.05) is 0 Å². The zero-order valence-corrected chi connectivity index (χ0v) is 6.76. The van der Waals surface area contributed by atoms with Crippen LogP contribution in [0.25, 0.3) is 0 Å². The van der Waals surface area contributed by atoms with Gasteiger partial charge in [-0.3, -0.25) is 0 Å². The Hall–Kier alpha value is 0.738. The molecule has 0 aliphatic carbocycles. The summed E-state index contributed by atoms with van der Waals surface area (Å²) in [6, 6.07) is 0. The van der Waals surface area contributed by atoms with Gasteiger partial charge in [0.2, 0.25) is 0 Å². The Morgan fingerprint density at radius 2 is 2.17 bits per heavy atom. The topological polar surface area (TPSA) is 40.5 Å². The van der Waals surface area contributed by atoms with Crippen LogP contribution in [0.4, 0.5) is 0 Å². The van der Waals surface area contributed by atoms with Gasteiger partial charge in [0.15, 0.2) is 0 Å². The van der Waals surface area contributed by atoms with E-state index in [2.05, 4.69) is 0 Å². The monoisotopic (exact) mass is 198 g/mol. The van der Waals surface area contributed by atoms with Gasteiger partial charge in [0, 0.05) is 0 Å². The summed E-state index contributed by atoms with van der Waals surface area (Å²) in [7, 11) is 0. The van der Waals surface area contributed by atoms with Crippen LogP contribution in [0.3, 0.4) is 0 Å². The molecular weight excluding hydrogens is 190 g/mol. The van der Waals surface area contributed by atoms with E-state index < -0.39 is 0 Å². The van der Waals surface area contributed by atoms with Gasteiger partial charge in [-0.1, -0.05) is 0 Å². The van der Waals surface area contributed by atoms with E-state index >= 15 is 0 Å². The van der Waals surface area contributed by atoms with Gasteiger partial charge in [-0.05, 0) is 0 Å². The second-order valence-electron chi connectivity index (χ2n) is 1.08. The van der Waals surface area contributed by atoms with Crippen LogP contribution in [0.2, 0.25) is 0 Å². The van der Waals surface area contributed by atoms with Crippen LogP contribution in [0, 0.1) is 0 Å². The molecule has 0 aromatic carbocycles. The van der Waals surface area contributed by atoms with Crippen LogP contribution in [-0.4, -0.2) is 43.9 Å². The van der Waals surface area contributed by atoms with Crippen molar-refractivity contribution in [2.75, 3.05) is 6.61 Å². The van der Waals surface area contributed by atoms with Crippen LogP contribution in [0.5, 0.6) is 0 Å². The van der Waals surface area contributed by atoms with Crippen molar-refractivity contribution >= 4 is 23.0 Å². The molecule has 0 amide bonds. The average molecular weight is 199 g/mol. The molecule has 1 unspecified atom stereocenters. The third-order valence-electron chi connectivity index (χ3n) is 0.425. The quantitative estimate of drug-likeness (QED) is 0.521. The minimum atomic E-state index is -0.222. The second-order valence-corrected chi connectivity index (χ2v) is 3.28. The van der Waals surface area contributed by atoms with Gasteiger partial charge in [0.05, 0.1) is 0 Å². The summed E-state index contributed by atoms with van der Waals surface area (Å²) in [5, 5.41) is 16.5. The van der Waals surface area contributed by atoms with Crippen molar-refractivity contribution in [3.05, 3.63) is 0 Å². The molecule has 0 aliphatic rings. The first-order valence-electron chi connectivity index (χ1n) is 1.82. The van der Waals surface area contributed by atoms with E-state index in [1.165, 1.54) is 0 Å². The van der Waals surface area contributed by atoms with Crippen LogP contribution >= 0.6 is 0 Å². The molecule has 2 N–H and O–H groups in total. The summed E-state index contributed by atoms with van der Waals surface area (Å²) in [4.78, 5) is 0. The van der Waals surface area contributed by atoms with Crippen molar-refractivity contribution in [2.24, 2.45) is 0 Å². The van der Waals surface area contributed by atoms with Crippen LogP contribution in [0.15, 0.2) is 0 Å². The molecule has 0 rings (SSSR count). The molecule has 0 radical (unpaired) electrons. The van der Waals surface area contributed by atoms with E-state index in [1.54, 1.807) is 0 Å². The predicted molar refractivity (Wildman–Crippen MR) is 26.3 cm³/mol. The third-order valence-corrected chi connectivity index (χ3v) is 1.38. The first kappa shape index (κ1) is 6.74. The van der Waals surface area contributed by atoms with E-state index in [-0.39, 0.29) is 10.7 Å². The second kappa shape index (κ2) is 3.91. The molecule has 0 bridgehead atoms. The number of aliphatic hydroxyl groups excluding tert-OH is 2. The Kier molecular flexibility index (Phi) is 4.39. The molecule has 2 nitrogen and oxygen atoms in total. The normalized spacial score (nSPS) is 14.5. The summed E-state index contributed by atoms with van der Waals surface area (Å²) >= 11 is 0.830. The fourth-order valence-electron chi connectivity index (χ4n) is 0.132. The minimum absolute atomic E-state index is 0.114. The first-order valence-corrected chi connectivity index (χ1v) is 3.72. The third kappa shape index (κ3) is 4.74. The molecule has 0 aromatic rings. The SMILES string of the molecule is OCC[CH](O)[SbH2]. The fraction of sp³-hybridized carbons (Fsp3) is 1.00. The Morgan fingerprint density at radius 3 is 2.17 bits per heavy atom. The summed E-state index contributed by atoms with van der Waals surface area (Å²) in [6.07, 6.45) is 0.544. The summed E-state index contributed by atoms with van der Waals surface area (Å²) in [5.74, 6) is 0. The molecule has 0 aliphatic heterocycles. The Morgan fingerprint density at radius 1 is 1.67 bits per heavy atom. The van der Waals surface area contributed by atoms with Gasteiger partial charge >= 0.3 is 50.3 Å². The molecule has 0 heterocycles. The first-order chi connectivity index (χ1) is 2.77. The fourth-order valence-corrected chi connectivity index (χ4v) is 0.558. The zero-order chi connectivity index (χ0) is 4.99. The molecule has 38 valence electrons. The van der Waals surface area contributed by atoms with Crippen molar-refractivity contribution in [1.29, 1.82) is 0 Å². The molecule has 0 spiro atoms. The molecule has 0 saturated heterocycles. The van der Waals surface area contributed by atoms with E-state index in [0.717, 1.165) is 23.0 Å². The molecule has 0 fully saturated rings. The van der Waals surface area contributed by atoms with E-state index in [9.17, 15) is 0 Å². The summed E-state index contributed by atoms with van der Waals surface area (Å²) in [5.41, 5.74) is 0. The average Bonchev–Trinajstić information content (AvgIpc) is 1.35. The van der Waals surface area contributed by atoms with Crippen molar-refractivity contribution < 1.29 is 10.2 Å². The van der Waals surface area contributed by atoms with Gasteiger partial charge < -0.3 is 0 Å². The number of aliphatic hydroxyl groups is 2. The van der Waals surface area contributed by atoms with Gasteiger partial charge in [0.25, 0.3) is 0 Å². The number of hydrogen-bond acceptors (Lipinski definition) is 2. The van der Waals surface area contributed by atoms with Crippen LogP contribution in [0.1, 0.15) is 6.42 Å². The number of hydrogen-bond donors (Lipinski definition) is 2. The van der Waals surface area contributed by atoms with Gasteiger partial charge in [0.1, 0.15) is 0 Å². The maximum atomic E-state index is 8.45. The maximum absolute atomic E-state index is 8.45. The van der Waals surface area contributed by atoms with Gasteiger partial charge in [-0.2, -0.15) is 0 Å². The van der Waals surface area contributed by atoms with Crippen molar-refractivity contribution in [3.63, 3.8) is 0 Å². The summed E-state index contributed by atoms with van der Waals surface area (Å²) < 4.78 is -0.222.